The van der Waals surface area contributed by atoms with Crippen molar-refractivity contribution < 1.29 is 0 Å². The molecule has 0 bridgehead atoms. The van der Waals surface area contributed by atoms with Crippen molar-refractivity contribution >= 4 is 23.0 Å². The van der Waals surface area contributed by atoms with Crippen LogP contribution in [0.25, 0.3) is 0 Å². The average Bonchev–Trinajstić information content (AvgIpc) is 2.91. The second-order valence-corrected chi connectivity index (χ2v) is 4.75. The van der Waals surface area contributed by atoms with Crippen molar-refractivity contribution in [2.24, 2.45) is 0 Å². The van der Waals surface area contributed by atoms with E-state index in [0.29, 0.717) is 0 Å². The molecule has 18 heavy (non-hydrogen) atoms. The van der Waals surface area contributed by atoms with Crippen LogP contribution in [0.5, 0.6) is 0 Å². The van der Waals surface area contributed by atoms with Crippen LogP contribution in [-0.2, 0) is 12.8 Å². The van der Waals surface area contributed by atoms with E-state index in [1.165, 1.54) is 5.56 Å². The van der Waals surface area contributed by atoms with Crippen LogP contribution >= 0.6 is 11.3 Å². The first kappa shape index (κ1) is 12.8. The Hall–Kier alpha value is -1.62. The van der Waals surface area contributed by atoms with E-state index >= 15 is 0 Å². The number of aromatic nitrogens is 2. The molecular weight excluding hydrogens is 244 g/mol. The van der Waals surface area contributed by atoms with Crippen LogP contribution in [0.15, 0.2) is 22.9 Å². The highest BCUT2D eigenvalue weighted by Gasteiger charge is 2.02. The largest absolute Gasteiger partial charge is 0.373 e. The molecule has 5 heteroatoms. The fourth-order valence-electron chi connectivity index (χ4n) is 1.64. The molecule has 0 aliphatic carbocycles. The quantitative estimate of drug-likeness (QED) is 0.840. The van der Waals surface area contributed by atoms with Crippen molar-refractivity contribution in [3.8, 4) is 0 Å². The number of aryl methyl sites for hydroxylation is 1. The monoisotopic (exact) mass is 262 g/mol. The summed E-state index contributed by atoms with van der Waals surface area (Å²) in [7, 11) is 1.87. The van der Waals surface area contributed by atoms with Crippen LogP contribution in [0, 0.1) is 0 Å². The van der Waals surface area contributed by atoms with Crippen LogP contribution in [0.2, 0.25) is 0 Å². The molecule has 0 aliphatic rings. The fourth-order valence-corrected chi connectivity index (χ4v) is 2.35. The molecule has 2 aromatic rings. The molecule has 0 saturated heterocycles. The van der Waals surface area contributed by atoms with Gasteiger partial charge in [0.25, 0.3) is 0 Å². The van der Waals surface area contributed by atoms with Crippen molar-refractivity contribution in [1.29, 1.82) is 0 Å². The van der Waals surface area contributed by atoms with Crippen LogP contribution < -0.4 is 10.6 Å². The molecule has 0 fully saturated rings. The van der Waals surface area contributed by atoms with E-state index in [9.17, 15) is 0 Å². The van der Waals surface area contributed by atoms with Crippen molar-refractivity contribution in [2.75, 3.05) is 24.2 Å². The summed E-state index contributed by atoms with van der Waals surface area (Å²) >= 11 is 1.73. The number of hydrogen-bond donors (Lipinski definition) is 2. The number of nitrogens with one attached hydrogen (secondary N) is 2. The Bertz CT molecular complexity index is 459. The summed E-state index contributed by atoms with van der Waals surface area (Å²) in [5, 5.41) is 10.7. The Balaban J connectivity index is 1.95. The summed E-state index contributed by atoms with van der Waals surface area (Å²) in [4.78, 5) is 8.83. The Morgan fingerprint density at radius 2 is 2.11 bits per heavy atom. The molecule has 0 atom stereocenters. The Morgan fingerprint density at radius 1 is 1.28 bits per heavy atom. The van der Waals surface area contributed by atoms with Gasteiger partial charge in [-0.05, 0) is 28.8 Å². The minimum absolute atomic E-state index is 0.842. The maximum Gasteiger partial charge on any atom is 0.132 e. The van der Waals surface area contributed by atoms with Gasteiger partial charge in [0, 0.05) is 26.1 Å². The summed E-state index contributed by atoms with van der Waals surface area (Å²) in [6.07, 6.45) is 1.86. The van der Waals surface area contributed by atoms with Crippen molar-refractivity contribution in [2.45, 2.75) is 19.8 Å². The lowest BCUT2D eigenvalue weighted by molar-refractivity contribution is 0.927. The SMILES string of the molecule is CCc1nc(NC)cc(NCCc2ccsc2)n1. The lowest BCUT2D eigenvalue weighted by Crippen LogP contribution is -2.09. The zero-order valence-corrected chi connectivity index (χ0v) is 11.5. The first-order valence-electron chi connectivity index (χ1n) is 6.12. The number of thiophene rings is 1. The Morgan fingerprint density at radius 3 is 2.78 bits per heavy atom. The molecular formula is C13H18N4S. The normalized spacial score (nSPS) is 10.3. The molecule has 2 heterocycles. The van der Waals surface area contributed by atoms with Gasteiger partial charge in [-0.2, -0.15) is 11.3 Å². The fraction of sp³-hybridized carbons (Fsp3) is 0.385. The zero-order valence-electron chi connectivity index (χ0n) is 10.7. The lowest BCUT2D eigenvalue weighted by Gasteiger charge is -2.08. The summed E-state index contributed by atoms with van der Waals surface area (Å²) in [6, 6.07) is 4.09. The molecule has 4 nitrogen and oxygen atoms in total. The van der Waals surface area contributed by atoms with Gasteiger partial charge in [-0.15, -0.1) is 0 Å². The highest BCUT2D eigenvalue weighted by atomic mass is 32.1. The summed E-state index contributed by atoms with van der Waals surface area (Å²) in [5.41, 5.74) is 1.37. The number of nitrogens with zero attached hydrogens (tertiary/aromatic N) is 2. The van der Waals surface area contributed by atoms with Gasteiger partial charge in [0.05, 0.1) is 0 Å². The number of hydrogen-bond acceptors (Lipinski definition) is 5. The van der Waals surface area contributed by atoms with Crippen LogP contribution in [0.4, 0.5) is 11.6 Å². The molecule has 0 spiro atoms. The van der Waals surface area contributed by atoms with E-state index in [1.54, 1.807) is 11.3 Å². The first-order valence-corrected chi connectivity index (χ1v) is 7.06. The molecule has 0 aromatic carbocycles. The average molecular weight is 262 g/mol. The van der Waals surface area contributed by atoms with Crippen molar-refractivity contribution in [3.05, 3.63) is 34.3 Å². The molecule has 2 rings (SSSR count). The predicted octanol–water partition coefficient (Wildman–Crippen LogP) is 2.80. The van der Waals surface area contributed by atoms with Gasteiger partial charge in [-0.3, -0.25) is 0 Å². The maximum absolute atomic E-state index is 4.46. The third-order valence-electron chi connectivity index (χ3n) is 2.64. The van der Waals surface area contributed by atoms with E-state index < -0.39 is 0 Å². The van der Waals surface area contributed by atoms with Gasteiger partial charge in [0.1, 0.15) is 17.5 Å². The maximum atomic E-state index is 4.46. The van der Waals surface area contributed by atoms with E-state index in [1.807, 2.05) is 13.1 Å². The molecule has 2 aromatic heterocycles. The van der Waals surface area contributed by atoms with Crippen LogP contribution in [0.3, 0.4) is 0 Å². The summed E-state index contributed by atoms with van der Waals surface area (Å²) in [5.74, 6) is 2.61. The highest BCUT2D eigenvalue weighted by Crippen LogP contribution is 2.12. The van der Waals surface area contributed by atoms with Gasteiger partial charge in [-0.25, -0.2) is 9.97 Å². The molecule has 96 valence electrons. The third-order valence-corrected chi connectivity index (χ3v) is 3.38. The van der Waals surface area contributed by atoms with Crippen LogP contribution in [0.1, 0.15) is 18.3 Å². The molecule has 2 N–H and O–H groups in total. The second-order valence-electron chi connectivity index (χ2n) is 3.97. The van der Waals surface area contributed by atoms with E-state index in [4.69, 9.17) is 0 Å². The summed E-state index contributed by atoms with van der Waals surface area (Å²) < 4.78 is 0. The molecule has 0 unspecified atom stereocenters. The third kappa shape index (κ3) is 3.43. The smallest absolute Gasteiger partial charge is 0.132 e. The standard InChI is InChI=1S/C13H18N4S/c1-3-11-16-12(14-2)8-13(17-11)15-6-4-10-5-7-18-9-10/h5,7-9H,3-4,6H2,1-2H3,(H2,14,15,16,17). The van der Waals surface area contributed by atoms with Gasteiger partial charge < -0.3 is 10.6 Å². The zero-order chi connectivity index (χ0) is 12.8. The van der Waals surface area contributed by atoms with Gasteiger partial charge in [0.15, 0.2) is 0 Å². The minimum Gasteiger partial charge on any atom is -0.373 e. The molecule has 0 amide bonds. The molecule has 0 saturated carbocycles. The van der Waals surface area contributed by atoms with Gasteiger partial charge >= 0.3 is 0 Å². The minimum atomic E-state index is 0.842. The predicted molar refractivity (Wildman–Crippen MR) is 77.5 cm³/mol. The van der Waals surface area contributed by atoms with E-state index in [-0.39, 0.29) is 0 Å². The lowest BCUT2D eigenvalue weighted by atomic mass is 10.2. The van der Waals surface area contributed by atoms with Crippen molar-refractivity contribution in [1.82, 2.24) is 9.97 Å². The highest BCUT2D eigenvalue weighted by molar-refractivity contribution is 7.07. The number of anilines is 2. The van der Waals surface area contributed by atoms with Gasteiger partial charge in [-0.1, -0.05) is 6.92 Å². The van der Waals surface area contributed by atoms with Crippen LogP contribution in [-0.4, -0.2) is 23.6 Å². The topological polar surface area (TPSA) is 49.8 Å². The second kappa shape index (κ2) is 6.35. The van der Waals surface area contributed by atoms with E-state index in [2.05, 4.69) is 44.4 Å². The first-order chi connectivity index (χ1) is 8.81. The molecule has 0 radical (unpaired) electrons. The molecule has 0 aliphatic heterocycles. The van der Waals surface area contributed by atoms with E-state index in [0.717, 1.165) is 36.8 Å². The van der Waals surface area contributed by atoms with Gasteiger partial charge in [0.2, 0.25) is 0 Å². The Kier molecular flexibility index (Phi) is 4.52. The van der Waals surface area contributed by atoms with Crippen molar-refractivity contribution in [3.63, 3.8) is 0 Å². The number of rotatable bonds is 6. The Labute approximate surface area is 111 Å². The summed E-state index contributed by atoms with van der Waals surface area (Å²) in [6.45, 7) is 2.95.